The van der Waals surface area contributed by atoms with Crippen molar-refractivity contribution < 1.29 is 9.53 Å². The summed E-state index contributed by atoms with van der Waals surface area (Å²) in [5, 5.41) is 3.14. The highest BCUT2D eigenvalue weighted by Gasteiger charge is 2.34. The number of ether oxygens (including phenoxy) is 1. The highest BCUT2D eigenvalue weighted by atomic mass is 16.5. The first-order valence-electron chi connectivity index (χ1n) is 6.88. The SMILES string of the molecule is Cc1ccc2c(c1)[C@@H](NC(=O)C(C)C)CC(C)(C)O2. The van der Waals surface area contributed by atoms with Crippen molar-refractivity contribution in [3.05, 3.63) is 29.3 Å². The minimum atomic E-state index is -0.253. The van der Waals surface area contributed by atoms with Gasteiger partial charge in [-0.15, -0.1) is 0 Å². The second-order valence-electron chi connectivity index (χ2n) is 6.32. The standard InChI is InChI=1S/C16H23NO2/c1-10(2)15(18)17-13-9-16(4,5)19-14-7-6-11(3)8-12(13)14/h6-8,10,13H,9H2,1-5H3,(H,17,18)/t13-/m0/s1. The number of hydrogen-bond donors (Lipinski definition) is 1. The normalized spacial score (nSPS) is 20.6. The Morgan fingerprint density at radius 1 is 1.42 bits per heavy atom. The largest absolute Gasteiger partial charge is 0.487 e. The van der Waals surface area contributed by atoms with Crippen LogP contribution in [0.2, 0.25) is 0 Å². The Morgan fingerprint density at radius 3 is 2.74 bits per heavy atom. The van der Waals surface area contributed by atoms with Crippen LogP contribution in [0.25, 0.3) is 0 Å². The van der Waals surface area contributed by atoms with E-state index >= 15 is 0 Å². The number of carbonyl (C=O) groups is 1. The summed E-state index contributed by atoms with van der Waals surface area (Å²) in [5.41, 5.74) is 2.02. The van der Waals surface area contributed by atoms with E-state index in [0.717, 1.165) is 17.7 Å². The fraction of sp³-hybridized carbons (Fsp3) is 0.562. The third-order valence-electron chi connectivity index (χ3n) is 3.46. The van der Waals surface area contributed by atoms with Gasteiger partial charge in [-0.1, -0.05) is 31.5 Å². The molecule has 1 amide bonds. The Balaban J connectivity index is 2.33. The Hall–Kier alpha value is -1.51. The Bertz CT molecular complexity index is 492. The van der Waals surface area contributed by atoms with E-state index in [1.54, 1.807) is 0 Å². The summed E-state index contributed by atoms with van der Waals surface area (Å²) in [6, 6.07) is 6.19. The van der Waals surface area contributed by atoms with Crippen LogP contribution in [-0.2, 0) is 4.79 Å². The summed E-state index contributed by atoms with van der Waals surface area (Å²) >= 11 is 0. The predicted molar refractivity (Wildman–Crippen MR) is 76.2 cm³/mol. The van der Waals surface area contributed by atoms with Gasteiger partial charge in [-0.2, -0.15) is 0 Å². The molecule has 0 fully saturated rings. The summed E-state index contributed by atoms with van der Waals surface area (Å²) in [6.07, 6.45) is 0.794. The molecule has 1 aromatic rings. The zero-order valence-corrected chi connectivity index (χ0v) is 12.4. The molecule has 0 aromatic heterocycles. The molecule has 0 saturated heterocycles. The Morgan fingerprint density at radius 2 is 2.11 bits per heavy atom. The second kappa shape index (κ2) is 4.87. The molecule has 1 atom stereocenters. The molecule has 3 nitrogen and oxygen atoms in total. The van der Waals surface area contributed by atoms with E-state index in [1.807, 2.05) is 26.0 Å². The van der Waals surface area contributed by atoms with Crippen molar-refractivity contribution in [1.29, 1.82) is 0 Å². The monoisotopic (exact) mass is 261 g/mol. The van der Waals surface area contributed by atoms with Crippen LogP contribution in [0, 0.1) is 12.8 Å². The molecule has 1 heterocycles. The lowest BCUT2D eigenvalue weighted by molar-refractivity contribution is -0.125. The van der Waals surface area contributed by atoms with Crippen LogP contribution in [0.1, 0.15) is 51.3 Å². The molecule has 0 unspecified atom stereocenters. The Labute approximate surface area is 115 Å². The Kier molecular flexibility index (Phi) is 3.57. The molecule has 0 aliphatic carbocycles. The van der Waals surface area contributed by atoms with Gasteiger partial charge in [0.1, 0.15) is 11.4 Å². The van der Waals surface area contributed by atoms with Crippen molar-refractivity contribution >= 4 is 5.91 Å². The number of fused-ring (bicyclic) bond motifs is 1. The van der Waals surface area contributed by atoms with Gasteiger partial charge in [-0.3, -0.25) is 4.79 Å². The van der Waals surface area contributed by atoms with Gasteiger partial charge in [0.25, 0.3) is 0 Å². The van der Waals surface area contributed by atoms with Crippen molar-refractivity contribution in [1.82, 2.24) is 5.32 Å². The first-order chi connectivity index (χ1) is 8.78. The summed E-state index contributed by atoms with van der Waals surface area (Å²) in [4.78, 5) is 12.0. The van der Waals surface area contributed by atoms with Gasteiger partial charge in [0.15, 0.2) is 0 Å². The molecular weight excluding hydrogens is 238 g/mol. The van der Waals surface area contributed by atoms with Crippen LogP contribution in [0.15, 0.2) is 18.2 Å². The van der Waals surface area contributed by atoms with Gasteiger partial charge >= 0.3 is 0 Å². The lowest BCUT2D eigenvalue weighted by Gasteiger charge is -2.38. The molecule has 19 heavy (non-hydrogen) atoms. The lowest BCUT2D eigenvalue weighted by atomic mass is 9.88. The molecule has 1 aliphatic rings. The van der Waals surface area contributed by atoms with Crippen molar-refractivity contribution in [3.63, 3.8) is 0 Å². The summed E-state index contributed by atoms with van der Waals surface area (Å²) < 4.78 is 6.00. The molecular formula is C16H23NO2. The van der Waals surface area contributed by atoms with Crippen molar-refractivity contribution in [2.24, 2.45) is 5.92 Å². The first-order valence-corrected chi connectivity index (χ1v) is 6.88. The quantitative estimate of drug-likeness (QED) is 0.886. The van der Waals surface area contributed by atoms with Gasteiger partial charge in [-0.25, -0.2) is 0 Å². The highest BCUT2D eigenvalue weighted by Crippen LogP contribution is 2.39. The maximum Gasteiger partial charge on any atom is 0.223 e. The summed E-state index contributed by atoms with van der Waals surface area (Å²) in [6.45, 7) is 10.0. The van der Waals surface area contributed by atoms with Gasteiger partial charge in [0.05, 0.1) is 6.04 Å². The molecule has 0 spiro atoms. The van der Waals surface area contributed by atoms with E-state index < -0.39 is 0 Å². The zero-order chi connectivity index (χ0) is 14.2. The number of amides is 1. The number of rotatable bonds is 2. The molecule has 0 saturated carbocycles. The fourth-order valence-corrected chi connectivity index (χ4v) is 2.44. The topological polar surface area (TPSA) is 38.3 Å². The van der Waals surface area contributed by atoms with Gasteiger partial charge in [0.2, 0.25) is 5.91 Å². The van der Waals surface area contributed by atoms with Crippen LogP contribution in [-0.4, -0.2) is 11.5 Å². The summed E-state index contributed by atoms with van der Waals surface area (Å²) in [5.74, 6) is 0.977. The smallest absolute Gasteiger partial charge is 0.223 e. The average Bonchev–Trinajstić information content (AvgIpc) is 2.29. The van der Waals surface area contributed by atoms with Gasteiger partial charge in [0, 0.05) is 17.9 Å². The number of carbonyl (C=O) groups excluding carboxylic acids is 1. The van der Waals surface area contributed by atoms with E-state index in [1.165, 1.54) is 5.56 Å². The maximum absolute atomic E-state index is 12.0. The number of aryl methyl sites for hydroxylation is 1. The van der Waals surface area contributed by atoms with Crippen molar-refractivity contribution in [2.75, 3.05) is 0 Å². The number of benzene rings is 1. The average molecular weight is 261 g/mol. The van der Waals surface area contributed by atoms with E-state index in [9.17, 15) is 4.79 Å². The molecule has 0 radical (unpaired) electrons. The van der Waals surface area contributed by atoms with E-state index in [2.05, 4.69) is 32.2 Å². The molecule has 1 N–H and O–H groups in total. The molecule has 3 heteroatoms. The maximum atomic E-state index is 12.0. The molecule has 104 valence electrons. The third kappa shape index (κ3) is 3.09. The van der Waals surface area contributed by atoms with Crippen LogP contribution >= 0.6 is 0 Å². The van der Waals surface area contributed by atoms with Crippen LogP contribution < -0.4 is 10.1 Å². The minimum Gasteiger partial charge on any atom is -0.487 e. The van der Waals surface area contributed by atoms with Crippen molar-refractivity contribution in [3.8, 4) is 5.75 Å². The molecule has 2 rings (SSSR count). The second-order valence-corrected chi connectivity index (χ2v) is 6.32. The van der Waals surface area contributed by atoms with Gasteiger partial charge < -0.3 is 10.1 Å². The first kappa shape index (κ1) is 13.9. The predicted octanol–water partition coefficient (Wildman–Crippen LogP) is 3.37. The van der Waals surface area contributed by atoms with Crippen molar-refractivity contribution in [2.45, 2.75) is 52.7 Å². The summed E-state index contributed by atoms with van der Waals surface area (Å²) in [7, 11) is 0. The van der Waals surface area contributed by atoms with Crippen LogP contribution in [0.3, 0.4) is 0 Å². The third-order valence-corrected chi connectivity index (χ3v) is 3.46. The lowest BCUT2D eigenvalue weighted by Crippen LogP contribution is -2.42. The fourth-order valence-electron chi connectivity index (χ4n) is 2.44. The highest BCUT2D eigenvalue weighted by molar-refractivity contribution is 5.78. The van der Waals surface area contributed by atoms with E-state index in [-0.39, 0.29) is 23.5 Å². The molecule has 1 aliphatic heterocycles. The zero-order valence-electron chi connectivity index (χ0n) is 12.4. The van der Waals surface area contributed by atoms with E-state index in [4.69, 9.17) is 4.74 Å². The molecule has 1 aromatic carbocycles. The minimum absolute atomic E-state index is 0.000726. The molecule has 0 bridgehead atoms. The van der Waals surface area contributed by atoms with Crippen LogP contribution in [0.5, 0.6) is 5.75 Å². The van der Waals surface area contributed by atoms with Crippen LogP contribution in [0.4, 0.5) is 0 Å². The number of nitrogens with one attached hydrogen (secondary N) is 1. The van der Waals surface area contributed by atoms with E-state index in [0.29, 0.717) is 0 Å². The number of hydrogen-bond acceptors (Lipinski definition) is 2. The van der Waals surface area contributed by atoms with Gasteiger partial charge in [-0.05, 0) is 26.8 Å².